The third-order valence-corrected chi connectivity index (χ3v) is 3.03. The lowest BCUT2D eigenvalue weighted by Crippen LogP contribution is -2.32. The van der Waals surface area contributed by atoms with Crippen LogP contribution >= 0.6 is 12.4 Å². The third kappa shape index (κ3) is 4.27. The van der Waals surface area contributed by atoms with Crippen LogP contribution in [0.5, 0.6) is 0 Å². The normalized spacial score (nSPS) is 10.0. The van der Waals surface area contributed by atoms with E-state index in [-0.39, 0.29) is 18.3 Å². The number of aromatic nitrogens is 3. The average Bonchev–Trinajstić information content (AvgIpc) is 2.90. The molecular formula is C14H20ClN5O. The predicted octanol–water partition coefficient (Wildman–Crippen LogP) is 1.49. The maximum Gasteiger partial charge on any atom is 0.253 e. The van der Waals surface area contributed by atoms with E-state index in [9.17, 15) is 4.79 Å². The molecule has 0 unspecified atom stereocenters. The average molecular weight is 310 g/mol. The molecule has 1 aromatic heterocycles. The summed E-state index contributed by atoms with van der Waals surface area (Å²) in [5, 5.41) is 9.92. The second-order valence-corrected chi connectivity index (χ2v) is 4.65. The topological polar surface area (TPSA) is 73.9 Å². The first-order valence-corrected chi connectivity index (χ1v) is 6.51. The summed E-state index contributed by atoms with van der Waals surface area (Å²) in [6.07, 6.45) is 0. The summed E-state index contributed by atoms with van der Waals surface area (Å²) < 4.78 is 0. The molecule has 0 saturated heterocycles. The van der Waals surface area contributed by atoms with Crippen molar-refractivity contribution in [3.05, 3.63) is 35.7 Å². The highest BCUT2D eigenvalue weighted by atomic mass is 35.5. The van der Waals surface area contributed by atoms with Crippen LogP contribution in [-0.2, 0) is 0 Å². The number of hydrogen-bond donors (Lipinski definition) is 2. The molecule has 6 nitrogen and oxygen atoms in total. The van der Waals surface area contributed by atoms with E-state index in [0.717, 1.165) is 17.9 Å². The SMILES string of the molecule is CNCCN(C)C(=O)c1ccc(-c2n[nH]c(C)n2)cc1.Cl. The van der Waals surface area contributed by atoms with Crippen molar-refractivity contribution in [3.8, 4) is 11.4 Å². The van der Waals surface area contributed by atoms with Gasteiger partial charge in [-0.2, -0.15) is 5.10 Å². The van der Waals surface area contributed by atoms with Gasteiger partial charge in [-0.05, 0) is 26.1 Å². The highest BCUT2D eigenvalue weighted by Crippen LogP contribution is 2.16. The van der Waals surface area contributed by atoms with Crippen LogP contribution < -0.4 is 5.32 Å². The summed E-state index contributed by atoms with van der Waals surface area (Å²) in [5.41, 5.74) is 1.56. The zero-order valence-electron chi connectivity index (χ0n) is 12.4. The van der Waals surface area contributed by atoms with Gasteiger partial charge in [-0.3, -0.25) is 9.89 Å². The number of nitrogens with one attached hydrogen (secondary N) is 2. The zero-order valence-corrected chi connectivity index (χ0v) is 13.2. The molecule has 0 spiro atoms. The van der Waals surface area contributed by atoms with Gasteiger partial charge in [0.1, 0.15) is 5.82 Å². The number of rotatable bonds is 5. The van der Waals surface area contributed by atoms with Crippen molar-refractivity contribution in [2.45, 2.75) is 6.92 Å². The summed E-state index contributed by atoms with van der Waals surface area (Å²) in [6.45, 7) is 3.30. The lowest BCUT2D eigenvalue weighted by molar-refractivity contribution is 0.0797. The fourth-order valence-corrected chi connectivity index (χ4v) is 1.84. The summed E-state index contributed by atoms with van der Waals surface area (Å²) in [7, 11) is 3.66. The van der Waals surface area contributed by atoms with E-state index < -0.39 is 0 Å². The van der Waals surface area contributed by atoms with Crippen LogP contribution in [-0.4, -0.2) is 53.2 Å². The molecule has 0 atom stereocenters. The number of H-pyrrole nitrogens is 1. The molecule has 0 bridgehead atoms. The molecule has 1 heterocycles. The molecule has 2 aromatic rings. The first-order valence-electron chi connectivity index (χ1n) is 6.51. The lowest BCUT2D eigenvalue weighted by Gasteiger charge is -2.16. The van der Waals surface area contributed by atoms with E-state index in [2.05, 4.69) is 20.5 Å². The van der Waals surface area contributed by atoms with Crippen LogP contribution in [0.2, 0.25) is 0 Å². The van der Waals surface area contributed by atoms with Gasteiger partial charge in [0.25, 0.3) is 5.91 Å². The molecule has 2 rings (SSSR count). The van der Waals surface area contributed by atoms with Gasteiger partial charge in [0.05, 0.1) is 0 Å². The number of carbonyl (C=O) groups excluding carboxylic acids is 1. The van der Waals surface area contributed by atoms with Gasteiger partial charge in [0.15, 0.2) is 5.82 Å². The fourth-order valence-electron chi connectivity index (χ4n) is 1.84. The molecule has 0 aliphatic carbocycles. The maximum atomic E-state index is 12.2. The second-order valence-electron chi connectivity index (χ2n) is 4.65. The largest absolute Gasteiger partial charge is 0.340 e. The molecule has 1 aromatic carbocycles. The number of aromatic amines is 1. The molecule has 0 aliphatic heterocycles. The van der Waals surface area contributed by atoms with Crippen LogP contribution in [0.4, 0.5) is 0 Å². The number of carbonyl (C=O) groups is 1. The van der Waals surface area contributed by atoms with Gasteiger partial charge in [-0.1, -0.05) is 12.1 Å². The Morgan fingerprint density at radius 2 is 2.00 bits per heavy atom. The number of amides is 1. The number of hydrogen-bond acceptors (Lipinski definition) is 4. The molecule has 0 radical (unpaired) electrons. The minimum Gasteiger partial charge on any atom is -0.340 e. The van der Waals surface area contributed by atoms with Crippen molar-refractivity contribution < 1.29 is 4.79 Å². The summed E-state index contributed by atoms with van der Waals surface area (Å²) >= 11 is 0. The molecule has 1 amide bonds. The van der Waals surface area contributed by atoms with Crippen molar-refractivity contribution >= 4 is 18.3 Å². The fraction of sp³-hybridized carbons (Fsp3) is 0.357. The molecule has 2 N–H and O–H groups in total. The van der Waals surface area contributed by atoms with Crippen molar-refractivity contribution in [1.82, 2.24) is 25.4 Å². The van der Waals surface area contributed by atoms with Gasteiger partial charge < -0.3 is 10.2 Å². The van der Waals surface area contributed by atoms with E-state index in [1.54, 1.807) is 24.1 Å². The minimum atomic E-state index is 0. The number of aryl methyl sites for hydroxylation is 1. The van der Waals surface area contributed by atoms with Gasteiger partial charge in [0.2, 0.25) is 0 Å². The van der Waals surface area contributed by atoms with Gasteiger partial charge in [-0.15, -0.1) is 12.4 Å². The molecule has 114 valence electrons. The zero-order chi connectivity index (χ0) is 14.5. The number of likely N-dealkylation sites (N-methyl/N-ethyl adjacent to an activating group) is 2. The Labute approximate surface area is 130 Å². The van der Waals surface area contributed by atoms with Crippen molar-refractivity contribution in [2.24, 2.45) is 0 Å². The van der Waals surface area contributed by atoms with Crippen LogP contribution in [0.3, 0.4) is 0 Å². The maximum absolute atomic E-state index is 12.2. The predicted molar refractivity (Wildman–Crippen MR) is 84.7 cm³/mol. The summed E-state index contributed by atoms with van der Waals surface area (Å²) in [5.74, 6) is 1.43. The van der Waals surface area contributed by atoms with Crippen molar-refractivity contribution in [2.75, 3.05) is 27.2 Å². The molecular weight excluding hydrogens is 290 g/mol. The van der Waals surface area contributed by atoms with E-state index in [1.807, 2.05) is 26.1 Å². The summed E-state index contributed by atoms with van der Waals surface area (Å²) in [4.78, 5) is 18.1. The number of nitrogens with zero attached hydrogens (tertiary/aromatic N) is 3. The molecule has 21 heavy (non-hydrogen) atoms. The van der Waals surface area contributed by atoms with Gasteiger partial charge in [0, 0.05) is 31.3 Å². The Balaban J connectivity index is 0.00000220. The Kier molecular flexibility index (Phi) is 6.33. The van der Waals surface area contributed by atoms with Gasteiger partial charge in [-0.25, -0.2) is 4.98 Å². The van der Waals surface area contributed by atoms with E-state index >= 15 is 0 Å². The Bertz CT molecular complexity index is 581. The minimum absolute atomic E-state index is 0. The first kappa shape index (κ1) is 17.1. The van der Waals surface area contributed by atoms with Crippen LogP contribution in [0.1, 0.15) is 16.2 Å². The summed E-state index contributed by atoms with van der Waals surface area (Å²) in [6, 6.07) is 7.34. The molecule has 0 saturated carbocycles. The quantitative estimate of drug-likeness (QED) is 0.877. The van der Waals surface area contributed by atoms with Crippen molar-refractivity contribution in [3.63, 3.8) is 0 Å². The van der Waals surface area contributed by atoms with Crippen LogP contribution in [0.15, 0.2) is 24.3 Å². The van der Waals surface area contributed by atoms with Crippen molar-refractivity contribution in [1.29, 1.82) is 0 Å². The molecule has 0 fully saturated rings. The van der Waals surface area contributed by atoms with Gasteiger partial charge >= 0.3 is 0 Å². The molecule has 7 heteroatoms. The smallest absolute Gasteiger partial charge is 0.253 e. The first-order chi connectivity index (χ1) is 9.61. The lowest BCUT2D eigenvalue weighted by atomic mass is 10.1. The van der Waals surface area contributed by atoms with Crippen LogP contribution in [0.25, 0.3) is 11.4 Å². The van der Waals surface area contributed by atoms with E-state index in [4.69, 9.17) is 0 Å². The highest BCUT2D eigenvalue weighted by Gasteiger charge is 2.11. The Morgan fingerprint density at radius 1 is 1.33 bits per heavy atom. The standard InChI is InChI=1S/C14H19N5O.ClH/c1-10-16-13(18-17-10)11-4-6-12(7-5-11)14(20)19(3)9-8-15-2;/h4-7,15H,8-9H2,1-3H3,(H,16,17,18);1H. The second kappa shape index (κ2) is 7.75. The highest BCUT2D eigenvalue weighted by molar-refractivity contribution is 5.94. The Hall–Kier alpha value is -1.92. The number of halogens is 1. The number of benzene rings is 1. The van der Waals surface area contributed by atoms with E-state index in [0.29, 0.717) is 17.9 Å². The molecule has 0 aliphatic rings. The van der Waals surface area contributed by atoms with E-state index in [1.165, 1.54) is 0 Å². The third-order valence-electron chi connectivity index (χ3n) is 3.03. The Morgan fingerprint density at radius 3 is 2.52 bits per heavy atom. The monoisotopic (exact) mass is 309 g/mol. The van der Waals surface area contributed by atoms with Crippen LogP contribution in [0, 0.1) is 6.92 Å².